The second kappa shape index (κ2) is 10.1. The molecule has 0 aliphatic carbocycles. The van der Waals surface area contributed by atoms with Crippen molar-refractivity contribution in [3.63, 3.8) is 0 Å². The van der Waals surface area contributed by atoms with E-state index in [4.69, 9.17) is 14.2 Å². The van der Waals surface area contributed by atoms with Crippen LogP contribution in [0.25, 0.3) is 0 Å². The summed E-state index contributed by atoms with van der Waals surface area (Å²) in [6.07, 6.45) is -0.932. The fraction of sp³-hybridized carbons (Fsp3) is 0.250. The van der Waals surface area contributed by atoms with Crippen LogP contribution in [0.1, 0.15) is 6.92 Å². The lowest BCUT2D eigenvalue weighted by Crippen LogP contribution is -2.25. The van der Waals surface area contributed by atoms with E-state index in [0.29, 0.717) is 22.9 Å². The number of hydrogen-bond donors (Lipinski definition) is 1. The van der Waals surface area contributed by atoms with Gasteiger partial charge in [0.05, 0.1) is 12.8 Å². The van der Waals surface area contributed by atoms with Crippen molar-refractivity contribution in [1.82, 2.24) is 0 Å². The molecule has 0 heterocycles. The quantitative estimate of drug-likeness (QED) is 0.410. The molecule has 0 amide bonds. The summed E-state index contributed by atoms with van der Waals surface area (Å²) < 4.78 is 15.5. The van der Waals surface area contributed by atoms with Gasteiger partial charge >= 0.3 is 5.97 Å². The number of benzene rings is 2. The second-order valence-electron chi connectivity index (χ2n) is 5.71. The van der Waals surface area contributed by atoms with Gasteiger partial charge in [-0.15, -0.1) is 5.11 Å². The number of ether oxygens (including phenoxy) is 3. The molecular weight excluding hydrogens is 348 g/mol. The molecule has 0 aliphatic heterocycles. The van der Waals surface area contributed by atoms with Crippen molar-refractivity contribution in [2.45, 2.75) is 13.0 Å². The molecule has 1 atom stereocenters. The van der Waals surface area contributed by atoms with E-state index in [2.05, 4.69) is 16.8 Å². The van der Waals surface area contributed by atoms with E-state index in [1.807, 2.05) is 24.3 Å². The largest absolute Gasteiger partial charge is 0.494 e. The first-order valence-electron chi connectivity index (χ1n) is 8.28. The number of esters is 1. The number of methoxy groups -OCH3 is 1. The number of carbonyl (C=O) groups excluding carboxylic acids is 1. The monoisotopic (exact) mass is 370 g/mol. The number of aliphatic hydroxyl groups excluding tert-OH is 1. The molecule has 7 nitrogen and oxygen atoms in total. The zero-order chi connectivity index (χ0) is 19.6. The minimum Gasteiger partial charge on any atom is -0.494 e. The highest BCUT2D eigenvalue weighted by Crippen LogP contribution is 2.28. The van der Waals surface area contributed by atoms with E-state index in [0.717, 1.165) is 0 Å². The van der Waals surface area contributed by atoms with Crippen molar-refractivity contribution in [3.05, 3.63) is 60.7 Å². The highest BCUT2D eigenvalue weighted by Gasteiger charge is 2.10. The predicted octanol–water partition coefficient (Wildman–Crippen LogP) is 3.97. The van der Waals surface area contributed by atoms with E-state index >= 15 is 0 Å². The molecule has 0 saturated carbocycles. The minimum absolute atomic E-state index is 0.00838. The van der Waals surface area contributed by atoms with Gasteiger partial charge in [0.15, 0.2) is 0 Å². The number of carbonyl (C=O) groups is 1. The Bertz CT molecular complexity index is 802. The summed E-state index contributed by atoms with van der Waals surface area (Å²) >= 11 is 0. The van der Waals surface area contributed by atoms with Gasteiger partial charge in [-0.05, 0) is 43.3 Å². The van der Waals surface area contributed by atoms with Crippen LogP contribution in [0.15, 0.2) is 70.9 Å². The molecule has 7 heteroatoms. The maximum absolute atomic E-state index is 11.3. The van der Waals surface area contributed by atoms with E-state index in [1.165, 1.54) is 6.92 Å². The topological polar surface area (TPSA) is 89.7 Å². The van der Waals surface area contributed by atoms with Gasteiger partial charge in [-0.1, -0.05) is 18.7 Å². The molecule has 0 spiro atoms. The van der Waals surface area contributed by atoms with E-state index in [9.17, 15) is 9.90 Å². The lowest BCUT2D eigenvalue weighted by molar-refractivity contribution is -0.142. The van der Waals surface area contributed by atoms with Crippen LogP contribution in [0.4, 0.5) is 11.4 Å². The Morgan fingerprint density at radius 2 is 1.81 bits per heavy atom. The van der Waals surface area contributed by atoms with Gasteiger partial charge in [0, 0.05) is 5.57 Å². The Morgan fingerprint density at radius 3 is 2.48 bits per heavy atom. The first kappa shape index (κ1) is 20.1. The van der Waals surface area contributed by atoms with Crippen molar-refractivity contribution in [3.8, 4) is 11.5 Å². The van der Waals surface area contributed by atoms with Crippen molar-refractivity contribution in [2.24, 2.45) is 10.2 Å². The molecular formula is C20H22N2O5. The smallest absolute Gasteiger partial charge is 0.333 e. The van der Waals surface area contributed by atoms with Gasteiger partial charge in [0.2, 0.25) is 0 Å². The second-order valence-corrected chi connectivity index (χ2v) is 5.71. The highest BCUT2D eigenvalue weighted by atomic mass is 16.5. The number of nitrogens with zero attached hydrogens (tertiary/aromatic N) is 2. The summed E-state index contributed by atoms with van der Waals surface area (Å²) in [7, 11) is 1.58. The van der Waals surface area contributed by atoms with Gasteiger partial charge in [-0.3, -0.25) is 0 Å². The van der Waals surface area contributed by atoms with Crippen LogP contribution in [0, 0.1) is 0 Å². The molecule has 1 unspecified atom stereocenters. The Morgan fingerprint density at radius 1 is 1.11 bits per heavy atom. The fourth-order valence-electron chi connectivity index (χ4n) is 1.97. The zero-order valence-corrected chi connectivity index (χ0v) is 15.3. The minimum atomic E-state index is -0.932. The number of rotatable bonds is 9. The zero-order valence-electron chi connectivity index (χ0n) is 15.3. The summed E-state index contributed by atoms with van der Waals surface area (Å²) in [6.45, 7) is 4.84. The van der Waals surface area contributed by atoms with Crippen molar-refractivity contribution in [1.29, 1.82) is 0 Å². The normalized spacial score (nSPS) is 11.8. The Kier molecular flexibility index (Phi) is 7.51. The number of azo groups is 1. The summed E-state index contributed by atoms with van der Waals surface area (Å²) in [4.78, 5) is 11.3. The van der Waals surface area contributed by atoms with Crippen LogP contribution >= 0.6 is 0 Å². The molecule has 1 N–H and O–H groups in total. The molecule has 0 bridgehead atoms. The van der Waals surface area contributed by atoms with Crippen LogP contribution in [-0.2, 0) is 9.53 Å². The molecule has 0 fully saturated rings. The molecule has 142 valence electrons. The van der Waals surface area contributed by atoms with E-state index in [1.54, 1.807) is 31.4 Å². The molecule has 0 radical (unpaired) electrons. The molecule has 2 rings (SSSR count). The third kappa shape index (κ3) is 6.56. The number of para-hydroxylation sites is 1. The van der Waals surface area contributed by atoms with Crippen LogP contribution in [0.3, 0.4) is 0 Å². The molecule has 27 heavy (non-hydrogen) atoms. The summed E-state index contributed by atoms with van der Waals surface area (Å²) in [5, 5.41) is 18.1. The number of hydrogen-bond acceptors (Lipinski definition) is 7. The Labute approximate surface area is 157 Å². The lowest BCUT2D eigenvalue weighted by atomic mass is 10.3. The summed E-state index contributed by atoms with van der Waals surface area (Å²) in [5.41, 5.74) is 1.55. The molecule has 2 aromatic carbocycles. The van der Waals surface area contributed by atoms with Crippen molar-refractivity contribution in [2.75, 3.05) is 20.3 Å². The Hall–Kier alpha value is -3.19. The average Bonchev–Trinajstić information content (AvgIpc) is 2.69. The van der Waals surface area contributed by atoms with Crippen molar-refractivity contribution >= 4 is 17.3 Å². The van der Waals surface area contributed by atoms with E-state index in [-0.39, 0.29) is 18.8 Å². The van der Waals surface area contributed by atoms with Gasteiger partial charge in [-0.2, -0.15) is 5.11 Å². The molecule has 0 aromatic heterocycles. The van der Waals surface area contributed by atoms with Gasteiger partial charge in [-0.25, -0.2) is 4.79 Å². The number of aliphatic hydroxyl groups is 1. The predicted molar refractivity (Wildman–Crippen MR) is 101 cm³/mol. The maximum atomic E-state index is 11.3. The average molecular weight is 370 g/mol. The van der Waals surface area contributed by atoms with Gasteiger partial charge < -0.3 is 19.3 Å². The third-order valence-corrected chi connectivity index (χ3v) is 3.39. The third-order valence-electron chi connectivity index (χ3n) is 3.39. The van der Waals surface area contributed by atoms with Crippen LogP contribution < -0.4 is 9.47 Å². The van der Waals surface area contributed by atoms with Gasteiger partial charge in [0.25, 0.3) is 0 Å². The summed E-state index contributed by atoms with van der Waals surface area (Å²) in [5.74, 6) is 0.651. The van der Waals surface area contributed by atoms with Crippen LogP contribution in [-0.4, -0.2) is 37.5 Å². The first-order chi connectivity index (χ1) is 13.0. The molecule has 2 aromatic rings. The first-order valence-corrected chi connectivity index (χ1v) is 8.28. The van der Waals surface area contributed by atoms with Gasteiger partial charge in [0.1, 0.15) is 36.5 Å². The lowest BCUT2D eigenvalue weighted by Gasteiger charge is -2.12. The fourth-order valence-corrected chi connectivity index (χ4v) is 1.97. The molecule has 0 saturated heterocycles. The maximum Gasteiger partial charge on any atom is 0.333 e. The highest BCUT2D eigenvalue weighted by molar-refractivity contribution is 5.86. The standard InChI is InChI=1S/C20H22N2O5/c1-14(2)20(24)27-13-16(23)12-26-17-10-8-15(9-11-17)21-22-18-6-4-5-7-19(18)25-3/h4-11,16,23H,1,12-13H2,2-3H3. The van der Waals surface area contributed by atoms with Crippen molar-refractivity contribution < 1.29 is 24.1 Å². The van der Waals surface area contributed by atoms with Crippen LogP contribution in [0.5, 0.6) is 11.5 Å². The SMILES string of the molecule is C=C(C)C(=O)OCC(O)COc1ccc(N=Nc2ccccc2OC)cc1. The van der Waals surface area contributed by atoms with Crippen LogP contribution in [0.2, 0.25) is 0 Å². The summed E-state index contributed by atoms with van der Waals surface area (Å²) in [6, 6.07) is 14.2. The Balaban J connectivity index is 1.85. The van der Waals surface area contributed by atoms with E-state index < -0.39 is 12.1 Å². The molecule has 0 aliphatic rings.